The Hall–Kier alpha value is -4.11. The first-order chi connectivity index (χ1) is 17.7. The second-order valence-corrected chi connectivity index (χ2v) is 8.75. The van der Waals surface area contributed by atoms with Crippen LogP contribution in [0.3, 0.4) is 0 Å². The van der Waals surface area contributed by atoms with Crippen LogP contribution in [0.15, 0.2) is 67.1 Å². The molecule has 36 heavy (non-hydrogen) atoms. The van der Waals surface area contributed by atoms with Gasteiger partial charge in [0, 0.05) is 50.6 Å². The first-order valence-electron chi connectivity index (χ1n) is 12.1. The number of fused-ring (bicyclic) bond motifs is 1. The van der Waals surface area contributed by atoms with Crippen molar-refractivity contribution < 1.29 is 14.3 Å². The van der Waals surface area contributed by atoms with Crippen LogP contribution in [0.2, 0.25) is 0 Å². The SMILES string of the molecule is COCCNC(=O)c1cnc(C2CCN(C(=O)c3c(-c4ccccc4)nc4ccccn34)CC2)cn1. The highest BCUT2D eigenvalue weighted by Crippen LogP contribution is 2.30. The average Bonchev–Trinajstić information content (AvgIpc) is 3.33. The van der Waals surface area contributed by atoms with E-state index >= 15 is 0 Å². The molecule has 0 unspecified atom stereocenters. The minimum absolute atomic E-state index is 0.0276. The fraction of sp³-hybridized carbons (Fsp3) is 0.296. The van der Waals surface area contributed by atoms with Crippen molar-refractivity contribution in [3.63, 3.8) is 0 Å². The summed E-state index contributed by atoms with van der Waals surface area (Å²) >= 11 is 0. The molecule has 5 rings (SSSR count). The molecule has 0 spiro atoms. The number of amides is 2. The molecule has 1 aliphatic heterocycles. The zero-order chi connectivity index (χ0) is 24.9. The molecule has 9 heteroatoms. The second kappa shape index (κ2) is 10.7. The summed E-state index contributed by atoms with van der Waals surface area (Å²) in [6.07, 6.45) is 6.62. The molecule has 0 aliphatic carbocycles. The summed E-state index contributed by atoms with van der Waals surface area (Å²) in [7, 11) is 1.58. The van der Waals surface area contributed by atoms with Crippen LogP contribution in [0.4, 0.5) is 0 Å². The number of aromatic nitrogens is 4. The predicted molar refractivity (Wildman–Crippen MR) is 135 cm³/mol. The molecule has 0 saturated carbocycles. The van der Waals surface area contributed by atoms with E-state index in [4.69, 9.17) is 9.72 Å². The van der Waals surface area contributed by atoms with Gasteiger partial charge < -0.3 is 15.0 Å². The number of hydrogen-bond acceptors (Lipinski definition) is 6. The van der Waals surface area contributed by atoms with Gasteiger partial charge in [-0.25, -0.2) is 9.97 Å². The largest absolute Gasteiger partial charge is 0.383 e. The van der Waals surface area contributed by atoms with Gasteiger partial charge in [0.05, 0.1) is 18.5 Å². The number of likely N-dealkylation sites (tertiary alicyclic amines) is 1. The maximum Gasteiger partial charge on any atom is 0.273 e. The monoisotopic (exact) mass is 484 g/mol. The average molecular weight is 485 g/mol. The summed E-state index contributed by atoms with van der Waals surface area (Å²) in [5, 5.41) is 2.74. The Balaban J connectivity index is 1.29. The van der Waals surface area contributed by atoms with Crippen molar-refractivity contribution >= 4 is 17.5 Å². The number of nitrogens with one attached hydrogen (secondary N) is 1. The third kappa shape index (κ3) is 4.83. The van der Waals surface area contributed by atoms with Crippen LogP contribution in [0.25, 0.3) is 16.9 Å². The highest BCUT2D eigenvalue weighted by atomic mass is 16.5. The molecule has 4 aromatic rings. The van der Waals surface area contributed by atoms with E-state index in [1.807, 2.05) is 64.0 Å². The van der Waals surface area contributed by atoms with Crippen molar-refractivity contribution in [1.29, 1.82) is 0 Å². The maximum atomic E-state index is 13.7. The van der Waals surface area contributed by atoms with Gasteiger partial charge in [-0.05, 0) is 25.0 Å². The molecule has 0 radical (unpaired) electrons. The third-order valence-electron chi connectivity index (χ3n) is 6.48. The van der Waals surface area contributed by atoms with Crippen molar-refractivity contribution in [1.82, 2.24) is 29.6 Å². The molecule has 184 valence electrons. The van der Waals surface area contributed by atoms with Crippen LogP contribution in [-0.4, -0.2) is 69.4 Å². The Morgan fingerprint density at radius 2 is 1.81 bits per heavy atom. The van der Waals surface area contributed by atoms with Crippen molar-refractivity contribution in [3.8, 4) is 11.3 Å². The fourth-order valence-corrected chi connectivity index (χ4v) is 4.55. The number of ether oxygens (including phenoxy) is 1. The van der Waals surface area contributed by atoms with Crippen LogP contribution < -0.4 is 5.32 Å². The first kappa shape index (κ1) is 23.6. The number of methoxy groups -OCH3 is 1. The molecule has 4 heterocycles. The van der Waals surface area contributed by atoms with Gasteiger partial charge in [-0.3, -0.25) is 19.0 Å². The molecule has 1 aliphatic rings. The quantitative estimate of drug-likeness (QED) is 0.404. The van der Waals surface area contributed by atoms with Gasteiger partial charge in [0.15, 0.2) is 0 Å². The minimum Gasteiger partial charge on any atom is -0.383 e. The molecular formula is C27H28N6O3. The Morgan fingerprint density at radius 3 is 2.53 bits per heavy atom. The first-order valence-corrected chi connectivity index (χ1v) is 12.1. The Kier molecular flexibility index (Phi) is 6.99. The zero-order valence-corrected chi connectivity index (χ0v) is 20.1. The third-order valence-corrected chi connectivity index (χ3v) is 6.48. The number of imidazole rings is 1. The lowest BCUT2D eigenvalue weighted by atomic mass is 9.93. The molecule has 1 N–H and O–H groups in total. The molecule has 1 aromatic carbocycles. The molecular weight excluding hydrogens is 456 g/mol. The van der Waals surface area contributed by atoms with Crippen molar-refractivity contribution in [3.05, 3.63) is 84.2 Å². The molecule has 1 saturated heterocycles. The van der Waals surface area contributed by atoms with E-state index in [0.717, 1.165) is 29.7 Å². The fourth-order valence-electron chi connectivity index (χ4n) is 4.55. The van der Waals surface area contributed by atoms with E-state index in [0.29, 0.717) is 37.6 Å². The Morgan fingerprint density at radius 1 is 1.03 bits per heavy atom. The molecule has 9 nitrogen and oxygen atoms in total. The maximum absolute atomic E-state index is 13.7. The van der Waals surface area contributed by atoms with E-state index in [2.05, 4.69) is 15.3 Å². The van der Waals surface area contributed by atoms with Gasteiger partial charge in [-0.2, -0.15) is 0 Å². The molecule has 0 bridgehead atoms. The van der Waals surface area contributed by atoms with Crippen LogP contribution in [0.5, 0.6) is 0 Å². The van der Waals surface area contributed by atoms with E-state index in [-0.39, 0.29) is 23.4 Å². The van der Waals surface area contributed by atoms with E-state index in [1.165, 1.54) is 6.20 Å². The molecule has 1 fully saturated rings. The number of pyridine rings is 1. The van der Waals surface area contributed by atoms with Crippen LogP contribution >= 0.6 is 0 Å². The van der Waals surface area contributed by atoms with Gasteiger partial charge in [-0.1, -0.05) is 36.4 Å². The number of carbonyl (C=O) groups is 2. The van der Waals surface area contributed by atoms with E-state index < -0.39 is 0 Å². The van der Waals surface area contributed by atoms with Gasteiger partial charge in [0.2, 0.25) is 0 Å². The standard InChI is InChI=1S/C27H28N6O3/c1-36-16-12-28-26(34)22-18-29-21(17-30-22)19-10-14-32(15-11-19)27(35)25-24(20-7-3-2-4-8-20)31-23-9-5-6-13-33(23)25/h2-9,13,17-19H,10-12,14-16H2,1H3,(H,28,34). The summed E-state index contributed by atoms with van der Waals surface area (Å²) in [6.45, 7) is 2.08. The van der Waals surface area contributed by atoms with Crippen LogP contribution in [0.1, 0.15) is 45.4 Å². The van der Waals surface area contributed by atoms with Gasteiger partial charge in [0.25, 0.3) is 11.8 Å². The lowest BCUT2D eigenvalue weighted by Gasteiger charge is -2.31. The zero-order valence-electron chi connectivity index (χ0n) is 20.1. The van der Waals surface area contributed by atoms with Gasteiger partial charge in [0.1, 0.15) is 22.7 Å². The summed E-state index contributed by atoms with van der Waals surface area (Å²) < 4.78 is 6.82. The Labute approximate surface area is 209 Å². The Bertz CT molecular complexity index is 1350. The summed E-state index contributed by atoms with van der Waals surface area (Å²) in [4.78, 5) is 41.3. The number of hydrogen-bond donors (Lipinski definition) is 1. The smallest absolute Gasteiger partial charge is 0.273 e. The number of nitrogens with zero attached hydrogens (tertiary/aromatic N) is 5. The summed E-state index contributed by atoms with van der Waals surface area (Å²) in [5.41, 5.74) is 4.06. The molecule has 3 aromatic heterocycles. The van der Waals surface area contributed by atoms with Crippen molar-refractivity contribution in [2.24, 2.45) is 0 Å². The predicted octanol–water partition coefficient (Wildman–Crippen LogP) is 3.19. The topological polar surface area (TPSA) is 102 Å². The highest BCUT2D eigenvalue weighted by molar-refractivity contribution is 5.99. The van der Waals surface area contributed by atoms with Gasteiger partial charge >= 0.3 is 0 Å². The molecule has 0 atom stereocenters. The minimum atomic E-state index is -0.270. The normalized spacial score (nSPS) is 14.2. The van der Waals surface area contributed by atoms with Crippen LogP contribution in [0, 0.1) is 0 Å². The number of benzene rings is 1. The van der Waals surface area contributed by atoms with Crippen molar-refractivity contribution in [2.75, 3.05) is 33.4 Å². The lowest BCUT2D eigenvalue weighted by Crippen LogP contribution is -2.38. The number of piperidine rings is 1. The van der Waals surface area contributed by atoms with E-state index in [9.17, 15) is 9.59 Å². The highest BCUT2D eigenvalue weighted by Gasteiger charge is 2.29. The molecule has 2 amide bonds. The van der Waals surface area contributed by atoms with Crippen LogP contribution in [-0.2, 0) is 4.74 Å². The summed E-state index contributed by atoms with van der Waals surface area (Å²) in [5.74, 6) is -0.114. The van der Waals surface area contributed by atoms with Crippen molar-refractivity contribution in [2.45, 2.75) is 18.8 Å². The second-order valence-electron chi connectivity index (χ2n) is 8.75. The van der Waals surface area contributed by atoms with Gasteiger partial charge in [-0.15, -0.1) is 0 Å². The summed E-state index contributed by atoms with van der Waals surface area (Å²) in [6, 6.07) is 15.6. The lowest BCUT2D eigenvalue weighted by molar-refractivity contribution is 0.0705. The number of rotatable bonds is 7. The number of carbonyl (C=O) groups excluding carboxylic acids is 2. The van der Waals surface area contributed by atoms with E-state index in [1.54, 1.807) is 13.3 Å².